The zero-order valence-corrected chi connectivity index (χ0v) is 13.8. The molecule has 5 nitrogen and oxygen atoms in total. The van der Waals surface area contributed by atoms with E-state index in [0.717, 1.165) is 24.1 Å². The van der Waals surface area contributed by atoms with Gasteiger partial charge in [-0.3, -0.25) is 14.5 Å². The van der Waals surface area contributed by atoms with Crippen LogP contribution in [-0.2, 0) is 18.5 Å². The number of rotatable bonds is 5. The summed E-state index contributed by atoms with van der Waals surface area (Å²) < 4.78 is 1.96. The van der Waals surface area contributed by atoms with Crippen molar-refractivity contribution in [2.75, 3.05) is 0 Å². The molecule has 2 heterocycles. The summed E-state index contributed by atoms with van der Waals surface area (Å²) in [7, 11) is 0. The van der Waals surface area contributed by atoms with Crippen LogP contribution >= 0.6 is 0 Å². The van der Waals surface area contributed by atoms with Crippen LogP contribution in [0.3, 0.4) is 0 Å². The molecule has 0 radical (unpaired) electrons. The molecule has 0 aliphatic carbocycles. The summed E-state index contributed by atoms with van der Waals surface area (Å²) in [5.74, 6) is -0.0734. The molecular weight excluding hydrogens is 276 g/mol. The van der Waals surface area contributed by atoms with Crippen LogP contribution in [0.4, 0.5) is 0 Å². The van der Waals surface area contributed by atoms with Gasteiger partial charge >= 0.3 is 0 Å². The first-order valence-electron chi connectivity index (χ1n) is 7.68. The molecule has 0 saturated heterocycles. The maximum Gasteiger partial charge on any atom is 0.255 e. The van der Waals surface area contributed by atoms with E-state index in [0.29, 0.717) is 12.1 Å². The normalized spacial score (nSPS) is 11.5. The Hall–Kier alpha value is -2.17. The minimum absolute atomic E-state index is 0.0734. The quantitative estimate of drug-likeness (QED) is 0.923. The molecule has 0 spiro atoms. The van der Waals surface area contributed by atoms with Crippen LogP contribution in [0.2, 0.25) is 0 Å². The topological polar surface area (TPSA) is 59.8 Å². The fraction of sp³-hybridized carbons (Fsp3) is 0.471. The van der Waals surface area contributed by atoms with Crippen LogP contribution < -0.4 is 5.32 Å². The summed E-state index contributed by atoms with van der Waals surface area (Å²) in [5, 5.41) is 7.39. The van der Waals surface area contributed by atoms with E-state index in [1.807, 2.05) is 16.8 Å². The summed E-state index contributed by atoms with van der Waals surface area (Å²) in [5.41, 5.74) is 2.57. The molecule has 0 fully saturated rings. The molecule has 0 aliphatic heterocycles. The summed E-state index contributed by atoms with van der Waals surface area (Å²) >= 11 is 0. The first kappa shape index (κ1) is 16.2. The number of nitrogens with zero attached hydrogens (tertiary/aromatic N) is 3. The van der Waals surface area contributed by atoms with Gasteiger partial charge in [0.1, 0.15) is 0 Å². The van der Waals surface area contributed by atoms with Crippen LogP contribution in [0, 0.1) is 0 Å². The van der Waals surface area contributed by atoms with Crippen molar-refractivity contribution in [1.29, 1.82) is 0 Å². The summed E-state index contributed by atoms with van der Waals surface area (Å²) in [6.45, 7) is 8.89. The van der Waals surface area contributed by atoms with Gasteiger partial charge in [0, 0.05) is 18.9 Å². The first-order valence-corrected chi connectivity index (χ1v) is 7.68. The Morgan fingerprint density at radius 3 is 2.55 bits per heavy atom. The molecular formula is C17H24N4O. The number of aromatic nitrogens is 3. The molecule has 1 amide bonds. The Morgan fingerprint density at radius 2 is 1.95 bits per heavy atom. The molecule has 0 bridgehead atoms. The number of nitrogens with one attached hydrogen (secondary N) is 1. The predicted octanol–water partition coefficient (Wildman–Crippen LogP) is 2.92. The van der Waals surface area contributed by atoms with Crippen molar-refractivity contribution in [3.05, 3.63) is 47.5 Å². The third kappa shape index (κ3) is 3.72. The lowest BCUT2D eigenvalue weighted by Gasteiger charge is -2.22. The second-order valence-corrected chi connectivity index (χ2v) is 6.38. The number of pyridine rings is 1. The lowest BCUT2D eigenvalue weighted by Crippen LogP contribution is -2.28. The van der Waals surface area contributed by atoms with E-state index in [-0.39, 0.29) is 11.4 Å². The molecule has 0 aliphatic rings. The first-order chi connectivity index (χ1) is 10.4. The van der Waals surface area contributed by atoms with Crippen molar-refractivity contribution in [3.8, 4) is 0 Å². The Balaban J connectivity index is 2.17. The van der Waals surface area contributed by atoms with Gasteiger partial charge in [0.25, 0.3) is 5.91 Å². The lowest BCUT2D eigenvalue weighted by atomic mass is 10.1. The Kier molecular flexibility index (Phi) is 4.96. The third-order valence-corrected chi connectivity index (χ3v) is 3.44. The van der Waals surface area contributed by atoms with E-state index in [2.05, 4.69) is 43.1 Å². The molecule has 0 unspecified atom stereocenters. The maximum atomic E-state index is 12.5. The lowest BCUT2D eigenvalue weighted by molar-refractivity contribution is 0.0949. The van der Waals surface area contributed by atoms with E-state index in [4.69, 9.17) is 0 Å². The van der Waals surface area contributed by atoms with Crippen molar-refractivity contribution in [2.45, 2.75) is 52.6 Å². The minimum atomic E-state index is -0.131. The second kappa shape index (κ2) is 6.73. The Morgan fingerprint density at radius 1 is 1.27 bits per heavy atom. The van der Waals surface area contributed by atoms with Crippen molar-refractivity contribution in [3.63, 3.8) is 0 Å². The molecule has 5 heteroatoms. The van der Waals surface area contributed by atoms with Crippen molar-refractivity contribution in [1.82, 2.24) is 20.1 Å². The predicted molar refractivity (Wildman–Crippen MR) is 86.6 cm³/mol. The van der Waals surface area contributed by atoms with Crippen molar-refractivity contribution < 1.29 is 4.79 Å². The monoisotopic (exact) mass is 300 g/mol. The van der Waals surface area contributed by atoms with Crippen LogP contribution in [0.15, 0.2) is 30.7 Å². The third-order valence-electron chi connectivity index (χ3n) is 3.44. The molecule has 2 rings (SSSR count). The van der Waals surface area contributed by atoms with Gasteiger partial charge in [-0.25, -0.2) is 0 Å². The van der Waals surface area contributed by atoms with Crippen molar-refractivity contribution >= 4 is 5.91 Å². The molecule has 118 valence electrons. The van der Waals surface area contributed by atoms with Crippen LogP contribution in [-0.4, -0.2) is 20.7 Å². The maximum absolute atomic E-state index is 12.5. The van der Waals surface area contributed by atoms with Gasteiger partial charge < -0.3 is 5.32 Å². The zero-order chi connectivity index (χ0) is 16.2. The van der Waals surface area contributed by atoms with Gasteiger partial charge in [-0.15, -0.1) is 0 Å². The van der Waals surface area contributed by atoms with E-state index in [1.54, 1.807) is 18.6 Å². The van der Waals surface area contributed by atoms with Crippen LogP contribution in [0.25, 0.3) is 0 Å². The van der Waals surface area contributed by atoms with E-state index < -0.39 is 0 Å². The highest BCUT2D eigenvalue weighted by molar-refractivity contribution is 5.95. The van der Waals surface area contributed by atoms with Gasteiger partial charge in [0.2, 0.25) is 0 Å². The van der Waals surface area contributed by atoms with Crippen LogP contribution in [0.1, 0.15) is 55.7 Å². The molecule has 0 aromatic carbocycles. The summed E-state index contributed by atoms with van der Waals surface area (Å²) in [4.78, 5) is 16.4. The highest BCUT2D eigenvalue weighted by Crippen LogP contribution is 2.20. The fourth-order valence-corrected chi connectivity index (χ4v) is 2.40. The molecule has 0 saturated carbocycles. The largest absolute Gasteiger partial charge is 0.348 e. The molecule has 22 heavy (non-hydrogen) atoms. The van der Waals surface area contributed by atoms with Gasteiger partial charge in [-0.2, -0.15) is 5.10 Å². The minimum Gasteiger partial charge on any atom is -0.348 e. The fourth-order valence-electron chi connectivity index (χ4n) is 2.40. The number of amides is 1. The van der Waals surface area contributed by atoms with Crippen LogP contribution in [0.5, 0.6) is 0 Å². The highest BCUT2D eigenvalue weighted by Gasteiger charge is 2.23. The summed E-state index contributed by atoms with van der Waals surface area (Å²) in [6.07, 6.45) is 6.95. The van der Waals surface area contributed by atoms with Gasteiger partial charge in [0.05, 0.1) is 23.0 Å². The number of carbonyl (C=O) groups excluding carboxylic acids is 1. The molecule has 1 N–H and O–H groups in total. The van der Waals surface area contributed by atoms with E-state index >= 15 is 0 Å². The number of hydrogen-bond donors (Lipinski definition) is 1. The zero-order valence-electron chi connectivity index (χ0n) is 13.8. The van der Waals surface area contributed by atoms with Gasteiger partial charge in [0.15, 0.2) is 0 Å². The molecule has 2 aromatic rings. The average Bonchev–Trinajstić information content (AvgIpc) is 2.90. The Labute approximate surface area is 131 Å². The SMILES string of the molecule is CCCc1c(C(=O)NCc2ccncc2)cnn1C(C)(C)C. The van der Waals surface area contributed by atoms with Crippen molar-refractivity contribution in [2.24, 2.45) is 0 Å². The van der Waals surface area contributed by atoms with E-state index in [9.17, 15) is 4.79 Å². The van der Waals surface area contributed by atoms with Gasteiger partial charge in [-0.05, 0) is 44.9 Å². The van der Waals surface area contributed by atoms with Gasteiger partial charge in [-0.1, -0.05) is 13.3 Å². The second-order valence-electron chi connectivity index (χ2n) is 6.38. The average molecular weight is 300 g/mol. The standard InChI is InChI=1S/C17H24N4O/c1-5-6-15-14(12-20-21(15)17(2,3)4)16(22)19-11-13-7-9-18-10-8-13/h7-10,12H,5-6,11H2,1-4H3,(H,19,22). The highest BCUT2D eigenvalue weighted by atomic mass is 16.1. The molecule has 0 atom stereocenters. The Bertz CT molecular complexity index is 626. The number of carbonyl (C=O) groups is 1. The summed E-state index contributed by atoms with van der Waals surface area (Å²) in [6, 6.07) is 3.79. The smallest absolute Gasteiger partial charge is 0.255 e. The number of hydrogen-bond acceptors (Lipinski definition) is 3. The molecule has 2 aromatic heterocycles. The van der Waals surface area contributed by atoms with E-state index in [1.165, 1.54) is 0 Å².